The van der Waals surface area contributed by atoms with Crippen LogP contribution in [0.2, 0.25) is 5.02 Å². The van der Waals surface area contributed by atoms with Crippen LogP contribution in [0.3, 0.4) is 0 Å². The number of hydrogen-bond acceptors (Lipinski definition) is 6. The number of pyridine rings is 1. The highest BCUT2D eigenvalue weighted by Crippen LogP contribution is 2.28. The molecule has 28 heavy (non-hydrogen) atoms. The number of nitrogens with one attached hydrogen (secondary N) is 1. The summed E-state index contributed by atoms with van der Waals surface area (Å²) in [5.74, 6) is 0.477. The Labute approximate surface area is 171 Å². The molecule has 0 bridgehead atoms. The van der Waals surface area contributed by atoms with Gasteiger partial charge in [0.2, 0.25) is 10.0 Å². The molecule has 2 aromatic rings. The third kappa shape index (κ3) is 4.64. The van der Waals surface area contributed by atoms with Gasteiger partial charge in [0.25, 0.3) is 0 Å². The van der Waals surface area contributed by atoms with Crippen molar-refractivity contribution in [3.05, 3.63) is 53.2 Å². The Hall–Kier alpha value is -1.71. The van der Waals surface area contributed by atoms with E-state index in [1.54, 1.807) is 31.2 Å². The fourth-order valence-electron chi connectivity index (χ4n) is 3.07. The number of nitrogens with zero attached hydrogens (tertiary/aromatic N) is 3. The Morgan fingerprint density at radius 1 is 1.18 bits per heavy atom. The van der Waals surface area contributed by atoms with E-state index >= 15 is 0 Å². The van der Waals surface area contributed by atoms with Crippen LogP contribution >= 0.6 is 11.6 Å². The normalized spacial score (nSPS) is 18.6. The van der Waals surface area contributed by atoms with Gasteiger partial charge < -0.3 is 15.3 Å². The predicted molar refractivity (Wildman–Crippen MR) is 110 cm³/mol. The van der Waals surface area contributed by atoms with Crippen molar-refractivity contribution in [2.24, 2.45) is 0 Å². The SMILES string of the molecule is CN1CCN(S(=O)(=O)c2ccc(NCC(C)(O)c3ccccc3Cl)nc2)CC1. The molecule has 0 spiro atoms. The molecular formula is C19H25ClN4O3S. The van der Waals surface area contributed by atoms with E-state index in [1.807, 2.05) is 13.1 Å². The number of aromatic nitrogens is 1. The lowest BCUT2D eigenvalue weighted by Crippen LogP contribution is -2.47. The summed E-state index contributed by atoms with van der Waals surface area (Å²) in [4.78, 5) is 6.47. The number of hydrogen-bond donors (Lipinski definition) is 2. The van der Waals surface area contributed by atoms with Crippen LogP contribution in [-0.2, 0) is 15.6 Å². The molecule has 1 atom stereocenters. The lowest BCUT2D eigenvalue weighted by molar-refractivity contribution is 0.0715. The predicted octanol–water partition coefficient (Wildman–Crippen LogP) is 1.99. The second-order valence-corrected chi connectivity index (χ2v) is 9.54. The van der Waals surface area contributed by atoms with Gasteiger partial charge in [0, 0.05) is 49.5 Å². The molecule has 2 heterocycles. The van der Waals surface area contributed by atoms with Gasteiger partial charge in [-0.2, -0.15) is 4.31 Å². The second kappa shape index (κ2) is 8.34. The van der Waals surface area contributed by atoms with Gasteiger partial charge in [-0.15, -0.1) is 0 Å². The molecule has 1 unspecified atom stereocenters. The number of likely N-dealkylation sites (N-methyl/N-ethyl adjacent to an activating group) is 1. The minimum Gasteiger partial charge on any atom is -0.384 e. The lowest BCUT2D eigenvalue weighted by Gasteiger charge is -2.31. The molecule has 1 aliphatic heterocycles. The number of piperazine rings is 1. The first kappa shape index (κ1) is 21.0. The zero-order valence-electron chi connectivity index (χ0n) is 16.0. The molecule has 152 valence electrons. The van der Waals surface area contributed by atoms with Crippen LogP contribution in [0, 0.1) is 0 Å². The van der Waals surface area contributed by atoms with E-state index in [1.165, 1.54) is 16.6 Å². The zero-order valence-corrected chi connectivity index (χ0v) is 17.5. The van der Waals surface area contributed by atoms with E-state index in [0.29, 0.717) is 42.6 Å². The van der Waals surface area contributed by atoms with Gasteiger partial charge in [-0.3, -0.25) is 0 Å². The number of halogens is 1. The third-order valence-corrected chi connectivity index (χ3v) is 7.12. The summed E-state index contributed by atoms with van der Waals surface area (Å²) in [7, 11) is -1.57. The Morgan fingerprint density at radius 3 is 2.46 bits per heavy atom. The van der Waals surface area contributed by atoms with E-state index in [2.05, 4.69) is 15.2 Å². The molecule has 0 saturated carbocycles. The van der Waals surface area contributed by atoms with Gasteiger partial charge >= 0.3 is 0 Å². The molecule has 9 heteroatoms. The molecular weight excluding hydrogens is 400 g/mol. The van der Waals surface area contributed by atoms with Gasteiger partial charge in [-0.05, 0) is 32.2 Å². The molecule has 0 aliphatic carbocycles. The van der Waals surface area contributed by atoms with Crippen molar-refractivity contribution in [2.75, 3.05) is 45.1 Å². The summed E-state index contributed by atoms with van der Waals surface area (Å²) in [5.41, 5.74) is -0.594. The monoisotopic (exact) mass is 424 g/mol. The fourth-order valence-corrected chi connectivity index (χ4v) is 4.78. The highest BCUT2D eigenvalue weighted by Gasteiger charge is 2.28. The van der Waals surface area contributed by atoms with Gasteiger partial charge in [0.1, 0.15) is 16.3 Å². The maximum Gasteiger partial charge on any atom is 0.244 e. The van der Waals surface area contributed by atoms with Gasteiger partial charge in [-0.25, -0.2) is 13.4 Å². The molecule has 3 rings (SSSR count). The number of sulfonamides is 1. The number of benzene rings is 1. The molecule has 1 fully saturated rings. The van der Waals surface area contributed by atoms with Crippen LogP contribution in [0.25, 0.3) is 0 Å². The minimum absolute atomic E-state index is 0.167. The fraction of sp³-hybridized carbons (Fsp3) is 0.421. The summed E-state index contributed by atoms with van der Waals surface area (Å²) < 4.78 is 27.0. The van der Waals surface area contributed by atoms with Crippen molar-refractivity contribution in [3.63, 3.8) is 0 Å². The molecule has 2 N–H and O–H groups in total. The van der Waals surface area contributed by atoms with E-state index in [0.717, 1.165) is 0 Å². The maximum absolute atomic E-state index is 12.7. The molecule has 1 saturated heterocycles. The second-order valence-electron chi connectivity index (χ2n) is 7.19. The largest absolute Gasteiger partial charge is 0.384 e. The van der Waals surface area contributed by atoms with Crippen LogP contribution in [0.4, 0.5) is 5.82 Å². The minimum atomic E-state index is -3.54. The Kier molecular flexibility index (Phi) is 6.26. The lowest BCUT2D eigenvalue weighted by atomic mass is 9.96. The van der Waals surface area contributed by atoms with Crippen LogP contribution in [0.1, 0.15) is 12.5 Å². The summed E-state index contributed by atoms with van der Waals surface area (Å²) in [6.45, 7) is 4.20. The van der Waals surface area contributed by atoms with E-state index in [-0.39, 0.29) is 11.4 Å². The first-order valence-electron chi connectivity index (χ1n) is 9.06. The number of anilines is 1. The van der Waals surface area contributed by atoms with Crippen molar-refractivity contribution in [2.45, 2.75) is 17.4 Å². The highest BCUT2D eigenvalue weighted by atomic mass is 35.5. The summed E-state index contributed by atoms with van der Waals surface area (Å²) in [6, 6.07) is 10.2. The Balaban J connectivity index is 1.67. The van der Waals surface area contributed by atoms with Crippen molar-refractivity contribution < 1.29 is 13.5 Å². The first-order chi connectivity index (χ1) is 13.2. The molecule has 0 amide bonds. The van der Waals surface area contributed by atoms with E-state index < -0.39 is 15.6 Å². The van der Waals surface area contributed by atoms with Crippen molar-refractivity contribution in [1.82, 2.24) is 14.2 Å². The van der Waals surface area contributed by atoms with E-state index in [9.17, 15) is 13.5 Å². The quantitative estimate of drug-likeness (QED) is 0.737. The third-order valence-electron chi connectivity index (χ3n) is 4.90. The maximum atomic E-state index is 12.7. The zero-order chi connectivity index (χ0) is 20.4. The van der Waals surface area contributed by atoms with Crippen LogP contribution in [-0.4, -0.2) is 67.5 Å². The van der Waals surface area contributed by atoms with Gasteiger partial charge in [0.15, 0.2) is 0 Å². The smallest absolute Gasteiger partial charge is 0.244 e. The molecule has 1 aromatic carbocycles. The van der Waals surface area contributed by atoms with Gasteiger partial charge in [-0.1, -0.05) is 29.8 Å². The van der Waals surface area contributed by atoms with Crippen molar-refractivity contribution >= 4 is 27.4 Å². The van der Waals surface area contributed by atoms with Crippen LogP contribution in [0.15, 0.2) is 47.5 Å². The van der Waals surface area contributed by atoms with Crippen LogP contribution < -0.4 is 5.32 Å². The van der Waals surface area contributed by atoms with E-state index in [4.69, 9.17) is 11.6 Å². The number of aliphatic hydroxyl groups is 1. The summed E-state index contributed by atoms with van der Waals surface area (Å²) in [5, 5.41) is 14.2. The first-order valence-corrected chi connectivity index (χ1v) is 10.9. The average molecular weight is 425 g/mol. The topological polar surface area (TPSA) is 85.8 Å². The molecule has 1 aliphatic rings. The van der Waals surface area contributed by atoms with Gasteiger partial charge in [0.05, 0.1) is 0 Å². The Morgan fingerprint density at radius 2 is 1.86 bits per heavy atom. The molecule has 7 nitrogen and oxygen atoms in total. The number of rotatable bonds is 6. The Bertz CT molecular complexity index is 911. The molecule has 1 aromatic heterocycles. The van der Waals surface area contributed by atoms with Crippen molar-refractivity contribution in [3.8, 4) is 0 Å². The van der Waals surface area contributed by atoms with Crippen LogP contribution in [0.5, 0.6) is 0 Å². The molecule has 0 radical (unpaired) electrons. The highest BCUT2D eigenvalue weighted by molar-refractivity contribution is 7.89. The summed E-state index contributed by atoms with van der Waals surface area (Å²) in [6.07, 6.45) is 1.35. The van der Waals surface area contributed by atoms with Crippen molar-refractivity contribution in [1.29, 1.82) is 0 Å². The standard InChI is InChI=1S/C19H25ClN4O3S/c1-19(25,16-5-3-4-6-17(16)20)14-22-18-8-7-15(13-21-18)28(26,27)24-11-9-23(2)10-12-24/h3-8,13,25H,9-12,14H2,1-2H3,(H,21,22). The average Bonchev–Trinajstić information content (AvgIpc) is 2.67. The summed E-state index contributed by atoms with van der Waals surface area (Å²) >= 11 is 6.17.